The molecule has 2 aromatic rings. The maximum absolute atomic E-state index is 13.8. The summed E-state index contributed by atoms with van der Waals surface area (Å²) >= 11 is 0. The van der Waals surface area contributed by atoms with Crippen LogP contribution in [0.15, 0.2) is 48.5 Å². The van der Waals surface area contributed by atoms with Crippen LogP contribution >= 0.6 is 0 Å². The number of hydrogen-bond acceptors (Lipinski definition) is 3. The maximum Gasteiger partial charge on any atom is 0.324 e. The lowest BCUT2D eigenvalue weighted by Gasteiger charge is -2.26. The summed E-state index contributed by atoms with van der Waals surface area (Å²) in [6.07, 6.45) is 0.928. The molecule has 0 radical (unpaired) electrons. The van der Waals surface area contributed by atoms with Crippen LogP contribution in [0.5, 0.6) is 0 Å². The number of imide groups is 1. The molecule has 0 unspecified atom stereocenters. The van der Waals surface area contributed by atoms with Crippen molar-refractivity contribution in [3.05, 3.63) is 71.0 Å². The zero-order valence-corrected chi connectivity index (χ0v) is 15.5. The summed E-state index contributed by atoms with van der Waals surface area (Å²) < 4.78 is 13.8. The molecule has 5 nitrogen and oxygen atoms in total. The molecule has 0 bridgehead atoms. The highest BCUT2D eigenvalue weighted by atomic mass is 19.1. The van der Waals surface area contributed by atoms with Crippen LogP contribution in [-0.4, -0.2) is 36.0 Å². The number of hydrogen-bond donors (Lipinski definition) is 2. The van der Waals surface area contributed by atoms with Crippen LogP contribution in [0.1, 0.15) is 36.6 Å². The Labute approximate surface area is 158 Å². The van der Waals surface area contributed by atoms with Crippen LogP contribution in [-0.2, 0) is 11.2 Å². The first-order valence-electron chi connectivity index (χ1n) is 9.19. The van der Waals surface area contributed by atoms with Crippen molar-refractivity contribution >= 4 is 11.9 Å². The average Bonchev–Trinajstić information content (AvgIpc) is 3.11. The molecule has 0 aromatic heterocycles. The standard InChI is InChI=1S/C21H24FN3O2/c1-3-15-7-9-16(10-8-15)19(17-5-4-6-18(22)13-17)24-14(2)20(26)25-12-11-23-21(25)27/h4-10,13-14,19,24H,3,11-12H2,1-2H3,(H,23,27)/t14-,19+/m0/s1. The highest BCUT2D eigenvalue weighted by molar-refractivity contribution is 5.98. The minimum Gasteiger partial charge on any atom is -0.336 e. The van der Waals surface area contributed by atoms with E-state index in [0.29, 0.717) is 13.1 Å². The molecule has 142 valence electrons. The lowest BCUT2D eigenvalue weighted by atomic mass is 9.96. The largest absolute Gasteiger partial charge is 0.336 e. The number of nitrogens with one attached hydrogen (secondary N) is 2. The molecule has 1 saturated heterocycles. The lowest BCUT2D eigenvalue weighted by molar-refractivity contribution is -0.129. The van der Waals surface area contributed by atoms with Gasteiger partial charge in [0.2, 0.25) is 5.91 Å². The Kier molecular flexibility index (Phi) is 5.86. The van der Waals surface area contributed by atoms with E-state index in [1.807, 2.05) is 30.3 Å². The summed E-state index contributed by atoms with van der Waals surface area (Å²) in [6.45, 7) is 4.63. The zero-order valence-electron chi connectivity index (χ0n) is 15.5. The van der Waals surface area contributed by atoms with Gasteiger partial charge >= 0.3 is 6.03 Å². The topological polar surface area (TPSA) is 61.4 Å². The number of rotatable bonds is 6. The fraction of sp³-hybridized carbons (Fsp3) is 0.333. The smallest absolute Gasteiger partial charge is 0.324 e. The lowest BCUT2D eigenvalue weighted by Crippen LogP contribution is -2.47. The first-order valence-corrected chi connectivity index (χ1v) is 9.19. The molecule has 3 amide bonds. The molecular weight excluding hydrogens is 345 g/mol. The first kappa shape index (κ1) is 19.0. The molecule has 1 heterocycles. The highest BCUT2D eigenvalue weighted by Gasteiger charge is 2.31. The number of urea groups is 1. The van der Waals surface area contributed by atoms with Crippen LogP contribution in [0.2, 0.25) is 0 Å². The molecule has 6 heteroatoms. The van der Waals surface area contributed by atoms with E-state index in [9.17, 15) is 14.0 Å². The second-order valence-electron chi connectivity index (χ2n) is 6.69. The van der Waals surface area contributed by atoms with Crippen LogP contribution in [0.25, 0.3) is 0 Å². The zero-order chi connectivity index (χ0) is 19.4. The van der Waals surface area contributed by atoms with E-state index in [1.54, 1.807) is 13.0 Å². The SMILES string of the molecule is CCc1ccc([C@@H](N[C@@H](C)C(=O)N2CCNC2=O)c2cccc(F)c2)cc1. The first-order chi connectivity index (χ1) is 13.0. The van der Waals surface area contributed by atoms with Crippen molar-refractivity contribution in [1.29, 1.82) is 0 Å². The Morgan fingerprint density at radius 3 is 2.56 bits per heavy atom. The highest BCUT2D eigenvalue weighted by Crippen LogP contribution is 2.24. The maximum atomic E-state index is 13.8. The second-order valence-corrected chi connectivity index (χ2v) is 6.69. The molecule has 0 aliphatic carbocycles. The van der Waals surface area contributed by atoms with Crippen LogP contribution in [0.3, 0.4) is 0 Å². The summed E-state index contributed by atoms with van der Waals surface area (Å²) in [5.41, 5.74) is 2.86. The number of carbonyl (C=O) groups is 2. The summed E-state index contributed by atoms with van der Waals surface area (Å²) in [5.74, 6) is -0.626. The minimum atomic E-state index is -0.604. The third kappa shape index (κ3) is 4.34. The molecule has 2 N–H and O–H groups in total. The van der Waals surface area contributed by atoms with E-state index >= 15 is 0 Å². The van der Waals surface area contributed by atoms with Gasteiger partial charge in [-0.2, -0.15) is 0 Å². The Morgan fingerprint density at radius 1 is 1.22 bits per heavy atom. The van der Waals surface area contributed by atoms with Crippen molar-refractivity contribution in [2.75, 3.05) is 13.1 Å². The average molecular weight is 369 g/mol. The van der Waals surface area contributed by atoms with Crippen molar-refractivity contribution in [2.24, 2.45) is 0 Å². The van der Waals surface area contributed by atoms with Gasteiger partial charge in [-0.1, -0.05) is 43.3 Å². The van der Waals surface area contributed by atoms with Crippen LogP contribution < -0.4 is 10.6 Å². The summed E-state index contributed by atoms with van der Waals surface area (Å²) in [5, 5.41) is 5.90. The van der Waals surface area contributed by atoms with Gasteiger partial charge in [-0.05, 0) is 42.2 Å². The molecule has 2 atom stereocenters. The monoisotopic (exact) mass is 369 g/mol. The van der Waals surface area contributed by atoms with Crippen LogP contribution in [0.4, 0.5) is 9.18 Å². The quantitative estimate of drug-likeness (QED) is 0.823. The molecular formula is C21H24FN3O2. The Morgan fingerprint density at radius 2 is 1.96 bits per heavy atom. The van der Waals surface area contributed by atoms with Gasteiger partial charge in [0.25, 0.3) is 0 Å². The van der Waals surface area contributed by atoms with Gasteiger partial charge in [-0.25, -0.2) is 9.18 Å². The van der Waals surface area contributed by atoms with Gasteiger partial charge in [0.1, 0.15) is 5.82 Å². The van der Waals surface area contributed by atoms with Gasteiger partial charge < -0.3 is 5.32 Å². The third-order valence-electron chi connectivity index (χ3n) is 4.81. The van der Waals surface area contributed by atoms with Crippen LogP contribution in [0, 0.1) is 5.82 Å². The molecule has 1 fully saturated rings. The van der Waals surface area contributed by atoms with E-state index in [-0.39, 0.29) is 23.8 Å². The summed E-state index contributed by atoms with van der Waals surface area (Å²) in [6, 6.07) is 13.0. The number of carbonyl (C=O) groups excluding carboxylic acids is 2. The van der Waals surface area contributed by atoms with E-state index in [0.717, 1.165) is 17.5 Å². The predicted molar refractivity (Wildman–Crippen MR) is 102 cm³/mol. The minimum absolute atomic E-state index is 0.295. The Hall–Kier alpha value is -2.73. The fourth-order valence-electron chi connectivity index (χ4n) is 3.25. The third-order valence-corrected chi connectivity index (χ3v) is 4.81. The van der Waals surface area contributed by atoms with Crippen molar-refractivity contribution in [1.82, 2.24) is 15.5 Å². The van der Waals surface area contributed by atoms with Gasteiger partial charge in [0, 0.05) is 13.1 Å². The van der Waals surface area contributed by atoms with Crippen molar-refractivity contribution < 1.29 is 14.0 Å². The summed E-state index contributed by atoms with van der Waals surface area (Å²) in [4.78, 5) is 25.6. The van der Waals surface area contributed by atoms with Gasteiger partial charge in [-0.3, -0.25) is 15.0 Å². The molecule has 27 heavy (non-hydrogen) atoms. The van der Waals surface area contributed by atoms with Crippen molar-refractivity contribution in [3.63, 3.8) is 0 Å². The fourth-order valence-corrected chi connectivity index (χ4v) is 3.25. The van der Waals surface area contributed by atoms with E-state index < -0.39 is 6.04 Å². The number of aryl methyl sites for hydroxylation is 1. The molecule has 0 spiro atoms. The normalized spacial score (nSPS) is 16.1. The summed E-state index contributed by atoms with van der Waals surface area (Å²) in [7, 11) is 0. The number of benzene rings is 2. The predicted octanol–water partition coefficient (Wildman–Crippen LogP) is 3.01. The molecule has 1 aliphatic heterocycles. The van der Waals surface area contributed by atoms with Gasteiger partial charge in [0.05, 0.1) is 12.1 Å². The Bertz CT molecular complexity index is 822. The number of amides is 3. The van der Waals surface area contributed by atoms with Crippen molar-refractivity contribution in [2.45, 2.75) is 32.4 Å². The van der Waals surface area contributed by atoms with Gasteiger partial charge in [0.15, 0.2) is 0 Å². The molecule has 1 aliphatic rings. The van der Waals surface area contributed by atoms with E-state index in [2.05, 4.69) is 17.6 Å². The Balaban J connectivity index is 1.87. The second kappa shape index (κ2) is 8.31. The number of nitrogens with zero attached hydrogens (tertiary/aromatic N) is 1. The van der Waals surface area contributed by atoms with Gasteiger partial charge in [-0.15, -0.1) is 0 Å². The van der Waals surface area contributed by atoms with E-state index in [4.69, 9.17) is 0 Å². The van der Waals surface area contributed by atoms with E-state index in [1.165, 1.54) is 22.6 Å². The van der Waals surface area contributed by atoms with Crippen molar-refractivity contribution in [3.8, 4) is 0 Å². The molecule has 3 rings (SSSR count). The molecule has 0 saturated carbocycles. The number of halogens is 1. The molecule has 2 aromatic carbocycles.